The molecule has 0 radical (unpaired) electrons. The zero-order chi connectivity index (χ0) is 17.4. The van der Waals surface area contributed by atoms with E-state index in [1.165, 1.54) is 12.1 Å². The third-order valence-electron chi connectivity index (χ3n) is 3.03. The minimum atomic E-state index is -0.656. The van der Waals surface area contributed by atoms with Gasteiger partial charge in [0.2, 0.25) is 11.8 Å². The minimum Gasteiger partial charge on any atom is -0.492 e. The summed E-state index contributed by atoms with van der Waals surface area (Å²) >= 11 is 0. The average molecular weight is 334 g/mol. The fourth-order valence-electron chi connectivity index (χ4n) is 1.84. The van der Waals surface area contributed by atoms with Gasteiger partial charge in [-0.3, -0.25) is 0 Å². The molecule has 8 nitrogen and oxygen atoms in total. The van der Waals surface area contributed by atoms with Crippen LogP contribution < -0.4 is 10.2 Å². The predicted octanol–water partition coefficient (Wildman–Crippen LogP) is 1.56. The first kappa shape index (κ1) is 17.2. The van der Waals surface area contributed by atoms with Crippen LogP contribution in [0.2, 0.25) is 0 Å². The second-order valence-corrected chi connectivity index (χ2v) is 4.90. The highest BCUT2D eigenvalue weighted by atomic mass is 16.7. The number of aromatic hydroxyl groups is 2. The molecule has 0 unspecified atom stereocenters. The maximum Gasteiger partial charge on any atom is 0.407 e. The van der Waals surface area contributed by atoms with Crippen LogP contribution in [0.5, 0.6) is 11.8 Å². The second kappa shape index (κ2) is 8.47. The molecular weight excluding hydrogens is 316 g/mol. The van der Waals surface area contributed by atoms with Gasteiger partial charge in [-0.05, 0) is 12.0 Å². The molecule has 2 rings (SSSR count). The molecule has 2 aromatic rings. The molecule has 0 aliphatic carbocycles. The number of benzene rings is 1. The molecule has 3 N–H and O–H groups in total. The number of carbonyl (C=O) groups excluding carboxylic acids is 2. The lowest BCUT2D eigenvalue weighted by Crippen LogP contribution is -2.26. The van der Waals surface area contributed by atoms with E-state index < -0.39 is 12.1 Å². The van der Waals surface area contributed by atoms with Gasteiger partial charge in [0, 0.05) is 25.1 Å². The molecule has 24 heavy (non-hydrogen) atoms. The Kier molecular flexibility index (Phi) is 6.07. The summed E-state index contributed by atoms with van der Waals surface area (Å²) in [5, 5.41) is 21.2. The van der Waals surface area contributed by atoms with E-state index in [9.17, 15) is 19.8 Å². The van der Waals surface area contributed by atoms with Gasteiger partial charge >= 0.3 is 12.1 Å². The van der Waals surface area contributed by atoms with Gasteiger partial charge in [-0.1, -0.05) is 30.3 Å². The van der Waals surface area contributed by atoms with Crippen LogP contribution in [0.25, 0.3) is 0 Å². The third-order valence-corrected chi connectivity index (χ3v) is 3.03. The van der Waals surface area contributed by atoms with Crippen LogP contribution in [-0.2, 0) is 16.1 Å². The summed E-state index contributed by atoms with van der Waals surface area (Å²) in [6.45, 7) is 0.396. The van der Waals surface area contributed by atoms with Crippen LogP contribution in [0.4, 0.5) is 4.79 Å². The Morgan fingerprint density at radius 2 is 1.71 bits per heavy atom. The number of nitrogens with zero attached hydrogens (tertiary/aromatic N) is 1. The smallest absolute Gasteiger partial charge is 0.407 e. The first-order valence-corrected chi connectivity index (χ1v) is 7.31. The van der Waals surface area contributed by atoms with E-state index in [1.807, 2.05) is 30.3 Å². The number of rotatable bonds is 7. The molecule has 8 heteroatoms. The molecule has 1 aromatic carbocycles. The van der Waals surface area contributed by atoms with Gasteiger partial charge in [0.05, 0.1) is 0 Å². The van der Waals surface area contributed by atoms with Crippen molar-refractivity contribution in [3.8, 4) is 11.8 Å². The third kappa shape index (κ3) is 5.24. The molecule has 1 amide bonds. The Labute approximate surface area is 138 Å². The fourth-order valence-corrected chi connectivity index (χ4v) is 1.84. The number of hydrogen-bond acceptors (Lipinski definition) is 6. The molecule has 0 spiro atoms. The Hall–Kier alpha value is -3.16. The van der Waals surface area contributed by atoms with Crippen LogP contribution in [0, 0.1) is 0 Å². The van der Waals surface area contributed by atoms with Crippen molar-refractivity contribution in [1.29, 1.82) is 0 Å². The summed E-state index contributed by atoms with van der Waals surface area (Å²) < 4.78 is 5.63. The second-order valence-electron chi connectivity index (χ2n) is 4.90. The monoisotopic (exact) mass is 334 g/mol. The lowest BCUT2D eigenvalue weighted by atomic mass is 10.2. The molecule has 0 saturated carbocycles. The summed E-state index contributed by atoms with van der Waals surface area (Å²) in [7, 11) is 0. The van der Waals surface area contributed by atoms with E-state index in [4.69, 9.17) is 9.57 Å². The van der Waals surface area contributed by atoms with E-state index in [1.54, 1.807) is 0 Å². The van der Waals surface area contributed by atoms with Gasteiger partial charge in [-0.25, -0.2) is 9.59 Å². The predicted molar refractivity (Wildman–Crippen MR) is 83.2 cm³/mol. The van der Waals surface area contributed by atoms with Crippen molar-refractivity contribution >= 4 is 12.1 Å². The van der Waals surface area contributed by atoms with Crippen molar-refractivity contribution in [2.24, 2.45) is 0 Å². The van der Waals surface area contributed by atoms with Gasteiger partial charge in [0.25, 0.3) is 0 Å². The summed E-state index contributed by atoms with van der Waals surface area (Å²) in [4.78, 5) is 27.8. The van der Waals surface area contributed by atoms with Gasteiger partial charge in [0.15, 0.2) is 0 Å². The van der Waals surface area contributed by atoms with Crippen molar-refractivity contribution < 1.29 is 29.4 Å². The molecule has 0 fully saturated rings. The Morgan fingerprint density at radius 3 is 2.38 bits per heavy atom. The van der Waals surface area contributed by atoms with Gasteiger partial charge in [-0.15, -0.1) is 4.73 Å². The minimum absolute atomic E-state index is 0.00394. The van der Waals surface area contributed by atoms with Crippen LogP contribution >= 0.6 is 0 Å². The normalized spacial score (nSPS) is 10.2. The molecule has 128 valence electrons. The number of carbonyl (C=O) groups is 2. The van der Waals surface area contributed by atoms with E-state index in [-0.39, 0.29) is 31.3 Å². The highest BCUT2D eigenvalue weighted by Crippen LogP contribution is 2.18. The van der Waals surface area contributed by atoms with Crippen LogP contribution in [0.1, 0.15) is 18.4 Å². The van der Waals surface area contributed by atoms with Gasteiger partial charge in [0.1, 0.15) is 6.61 Å². The van der Waals surface area contributed by atoms with E-state index in [0.717, 1.165) is 5.56 Å². The molecule has 0 saturated heterocycles. The largest absolute Gasteiger partial charge is 0.492 e. The van der Waals surface area contributed by atoms with Gasteiger partial charge in [-0.2, -0.15) is 0 Å². The fraction of sp³-hybridized carbons (Fsp3) is 0.250. The van der Waals surface area contributed by atoms with Crippen molar-refractivity contribution in [3.63, 3.8) is 0 Å². The SMILES string of the molecule is O=C(CCCNC(=O)OCc1ccccc1)On1c(O)ccc1O. The summed E-state index contributed by atoms with van der Waals surface area (Å²) in [6.07, 6.45) is -0.258. The average Bonchev–Trinajstić information content (AvgIpc) is 2.90. The Morgan fingerprint density at radius 1 is 1.04 bits per heavy atom. The number of amides is 1. The van der Waals surface area contributed by atoms with Crippen LogP contribution in [0.15, 0.2) is 42.5 Å². The molecule has 1 heterocycles. The number of nitrogens with one attached hydrogen (secondary N) is 1. The maximum absolute atomic E-state index is 11.6. The van der Waals surface area contributed by atoms with E-state index in [0.29, 0.717) is 11.2 Å². The van der Waals surface area contributed by atoms with Crippen molar-refractivity contribution in [3.05, 3.63) is 48.0 Å². The zero-order valence-corrected chi connectivity index (χ0v) is 12.8. The summed E-state index contributed by atoms with van der Waals surface area (Å²) in [5.41, 5.74) is 0.877. The number of hydrogen-bond donors (Lipinski definition) is 3. The quantitative estimate of drug-likeness (QED) is 0.663. The topological polar surface area (TPSA) is 110 Å². The number of ether oxygens (including phenoxy) is 1. The van der Waals surface area contributed by atoms with Crippen molar-refractivity contribution in [2.75, 3.05) is 6.54 Å². The highest BCUT2D eigenvalue weighted by Gasteiger charge is 2.12. The van der Waals surface area contributed by atoms with E-state index in [2.05, 4.69) is 5.32 Å². The first-order valence-electron chi connectivity index (χ1n) is 7.31. The zero-order valence-electron chi connectivity index (χ0n) is 12.8. The molecule has 0 bridgehead atoms. The van der Waals surface area contributed by atoms with Crippen molar-refractivity contribution in [2.45, 2.75) is 19.4 Å². The molecule has 0 aliphatic rings. The van der Waals surface area contributed by atoms with Crippen LogP contribution in [0.3, 0.4) is 0 Å². The lowest BCUT2D eigenvalue weighted by Gasteiger charge is -2.08. The van der Waals surface area contributed by atoms with Crippen LogP contribution in [-0.4, -0.2) is 33.6 Å². The Bertz CT molecular complexity index is 664. The van der Waals surface area contributed by atoms with Crippen molar-refractivity contribution in [1.82, 2.24) is 10.0 Å². The highest BCUT2D eigenvalue weighted by molar-refractivity contribution is 5.70. The lowest BCUT2D eigenvalue weighted by molar-refractivity contribution is -0.145. The van der Waals surface area contributed by atoms with E-state index >= 15 is 0 Å². The summed E-state index contributed by atoms with van der Waals surface area (Å²) in [5.74, 6) is -1.43. The van der Waals surface area contributed by atoms with Gasteiger partial charge < -0.3 is 25.1 Å². The molecule has 1 aromatic heterocycles. The number of aromatic nitrogens is 1. The Balaban J connectivity index is 1.60. The molecular formula is C16H18N2O6. The maximum atomic E-state index is 11.6. The summed E-state index contributed by atoms with van der Waals surface area (Å²) in [6, 6.07) is 11.6. The first-order chi connectivity index (χ1) is 11.6. The number of alkyl carbamates (subject to hydrolysis) is 1. The molecule has 0 atom stereocenters. The standard InChI is InChI=1S/C16H18N2O6/c19-13-8-9-14(20)18(13)24-15(21)7-4-10-17-16(22)23-11-12-5-2-1-3-6-12/h1-3,5-6,8-9,19-20H,4,7,10-11H2,(H,17,22). The molecule has 0 aliphatic heterocycles.